The summed E-state index contributed by atoms with van der Waals surface area (Å²) in [6.07, 6.45) is 0. The largest absolute Gasteiger partial charge is 0.344 e. The van der Waals surface area contributed by atoms with Gasteiger partial charge in [0.15, 0.2) is 17.5 Å². The molecule has 0 aromatic heterocycles. The van der Waals surface area contributed by atoms with E-state index in [0.29, 0.717) is 16.7 Å². The van der Waals surface area contributed by atoms with Crippen molar-refractivity contribution in [1.29, 1.82) is 0 Å². The summed E-state index contributed by atoms with van der Waals surface area (Å²) in [6.45, 7) is -0.0216. The van der Waals surface area contributed by atoms with Crippen LogP contribution in [0.2, 0.25) is 5.02 Å². The zero-order valence-corrected chi connectivity index (χ0v) is 12.3. The number of benzene rings is 2. The van der Waals surface area contributed by atoms with Gasteiger partial charge in [-0.15, -0.1) is 0 Å². The summed E-state index contributed by atoms with van der Waals surface area (Å²) in [4.78, 5) is 23.3. The molecule has 120 valence electrons. The zero-order valence-electron chi connectivity index (χ0n) is 11.5. The molecule has 0 saturated heterocycles. The Morgan fingerprint density at radius 3 is 2.35 bits per heavy atom. The Bertz CT molecular complexity index is 768. The number of carbonyl (C=O) groups excluding carboxylic acids is 2. The van der Waals surface area contributed by atoms with Crippen LogP contribution in [-0.2, 0) is 16.1 Å². The second-order valence-corrected chi connectivity index (χ2v) is 4.86. The molecule has 0 unspecified atom stereocenters. The van der Waals surface area contributed by atoms with Gasteiger partial charge in [-0.05, 0) is 23.8 Å². The Hall–Kier alpha value is -2.54. The fourth-order valence-electron chi connectivity index (χ4n) is 1.70. The second-order valence-electron chi connectivity index (χ2n) is 4.45. The van der Waals surface area contributed by atoms with E-state index in [9.17, 15) is 22.8 Å². The summed E-state index contributed by atoms with van der Waals surface area (Å²) in [5.41, 5.74) is -0.0592. The zero-order chi connectivity index (χ0) is 17.0. The van der Waals surface area contributed by atoms with Gasteiger partial charge in [0, 0.05) is 11.6 Å². The number of amides is 2. The third-order valence-corrected chi connectivity index (χ3v) is 3.26. The molecule has 0 saturated carbocycles. The van der Waals surface area contributed by atoms with Gasteiger partial charge in [-0.2, -0.15) is 0 Å². The fourth-order valence-corrected chi connectivity index (χ4v) is 1.90. The summed E-state index contributed by atoms with van der Waals surface area (Å²) in [5.74, 6) is -7.02. The predicted molar refractivity (Wildman–Crippen MR) is 78.2 cm³/mol. The molecule has 0 atom stereocenters. The maximum atomic E-state index is 13.4. The maximum absolute atomic E-state index is 13.4. The quantitative estimate of drug-likeness (QED) is 0.665. The first-order chi connectivity index (χ1) is 10.9. The molecule has 0 heterocycles. The van der Waals surface area contributed by atoms with Crippen molar-refractivity contribution in [2.24, 2.45) is 0 Å². The summed E-state index contributed by atoms with van der Waals surface area (Å²) < 4.78 is 39.2. The van der Waals surface area contributed by atoms with Crippen molar-refractivity contribution >= 4 is 29.1 Å². The molecule has 2 aromatic carbocycles. The lowest BCUT2D eigenvalue weighted by Crippen LogP contribution is -2.35. The average Bonchev–Trinajstić information content (AvgIpc) is 2.54. The Kier molecular flexibility index (Phi) is 5.23. The molecule has 0 bridgehead atoms. The Morgan fingerprint density at radius 1 is 0.957 bits per heavy atom. The first-order valence-corrected chi connectivity index (χ1v) is 6.74. The molecular formula is C15H10ClF3N2O2. The van der Waals surface area contributed by atoms with Crippen LogP contribution in [0.4, 0.5) is 18.9 Å². The van der Waals surface area contributed by atoms with E-state index >= 15 is 0 Å². The van der Waals surface area contributed by atoms with Crippen molar-refractivity contribution < 1.29 is 22.8 Å². The molecule has 0 aliphatic carbocycles. The minimum atomic E-state index is -1.74. The van der Waals surface area contributed by atoms with Crippen molar-refractivity contribution in [3.05, 3.63) is 64.4 Å². The summed E-state index contributed by atoms with van der Waals surface area (Å²) in [5, 5.41) is 4.55. The molecule has 23 heavy (non-hydrogen) atoms. The number of carbonyl (C=O) groups is 2. The Balaban J connectivity index is 2.00. The van der Waals surface area contributed by atoms with E-state index in [0.717, 1.165) is 6.07 Å². The molecular weight excluding hydrogens is 333 g/mol. The molecule has 0 spiro atoms. The van der Waals surface area contributed by atoms with Gasteiger partial charge in [0.25, 0.3) is 0 Å². The van der Waals surface area contributed by atoms with Crippen molar-refractivity contribution in [2.75, 3.05) is 5.32 Å². The van der Waals surface area contributed by atoms with Crippen LogP contribution >= 0.6 is 11.6 Å². The molecule has 2 rings (SSSR count). The molecule has 2 amide bonds. The highest BCUT2D eigenvalue weighted by Gasteiger charge is 2.19. The third kappa shape index (κ3) is 4.01. The van der Waals surface area contributed by atoms with E-state index in [4.69, 9.17) is 11.6 Å². The van der Waals surface area contributed by atoms with E-state index in [1.54, 1.807) is 24.3 Å². The van der Waals surface area contributed by atoms with Gasteiger partial charge >= 0.3 is 11.8 Å². The lowest BCUT2D eigenvalue weighted by Gasteiger charge is -2.08. The number of hydrogen-bond donors (Lipinski definition) is 2. The van der Waals surface area contributed by atoms with Crippen molar-refractivity contribution in [1.82, 2.24) is 5.32 Å². The van der Waals surface area contributed by atoms with Crippen LogP contribution < -0.4 is 10.6 Å². The molecule has 2 N–H and O–H groups in total. The van der Waals surface area contributed by atoms with E-state index in [1.807, 2.05) is 5.32 Å². The normalized spacial score (nSPS) is 10.3. The number of halogens is 4. The lowest BCUT2D eigenvalue weighted by molar-refractivity contribution is -0.136. The van der Waals surface area contributed by atoms with Crippen molar-refractivity contribution in [3.8, 4) is 0 Å². The minimum absolute atomic E-state index is 0.0216. The average molecular weight is 343 g/mol. The highest BCUT2D eigenvalue weighted by molar-refractivity contribution is 6.39. The summed E-state index contributed by atoms with van der Waals surface area (Å²) in [7, 11) is 0. The van der Waals surface area contributed by atoms with Crippen LogP contribution in [0.25, 0.3) is 0 Å². The monoisotopic (exact) mass is 342 g/mol. The standard InChI is InChI=1S/C15H10ClF3N2O2/c16-9-4-2-1-3-8(9)7-20-14(22)15(23)21-11-6-5-10(17)12(18)13(11)19/h1-6H,7H2,(H,20,22)(H,21,23). The second kappa shape index (κ2) is 7.15. The molecule has 4 nitrogen and oxygen atoms in total. The van der Waals surface area contributed by atoms with Gasteiger partial charge in [0.2, 0.25) is 0 Å². The molecule has 0 aliphatic heterocycles. The highest BCUT2D eigenvalue weighted by atomic mass is 35.5. The highest BCUT2D eigenvalue weighted by Crippen LogP contribution is 2.19. The number of nitrogens with one attached hydrogen (secondary N) is 2. The van der Waals surface area contributed by atoms with Gasteiger partial charge in [0.1, 0.15) is 0 Å². The first-order valence-electron chi connectivity index (χ1n) is 6.36. The topological polar surface area (TPSA) is 58.2 Å². The van der Waals surface area contributed by atoms with Gasteiger partial charge in [-0.1, -0.05) is 29.8 Å². The van der Waals surface area contributed by atoms with Crippen LogP contribution in [0, 0.1) is 17.5 Å². The number of anilines is 1. The van der Waals surface area contributed by atoms with E-state index in [-0.39, 0.29) is 6.54 Å². The van der Waals surface area contributed by atoms with Crippen LogP contribution in [0.1, 0.15) is 5.56 Å². The Labute approximate surface area is 134 Å². The van der Waals surface area contributed by atoms with Crippen LogP contribution in [-0.4, -0.2) is 11.8 Å². The number of hydrogen-bond acceptors (Lipinski definition) is 2. The van der Waals surface area contributed by atoms with Gasteiger partial charge in [-0.3, -0.25) is 9.59 Å². The first kappa shape index (κ1) is 16.8. The molecule has 0 fully saturated rings. The summed E-state index contributed by atoms with van der Waals surface area (Å²) in [6, 6.07) is 8.11. The van der Waals surface area contributed by atoms with E-state index < -0.39 is 35.0 Å². The minimum Gasteiger partial charge on any atom is -0.344 e. The van der Waals surface area contributed by atoms with Crippen LogP contribution in [0.5, 0.6) is 0 Å². The van der Waals surface area contributed by atoms with Crippen LogP contribution in [0.15, 0.2) is 36.4 Å². The summed E-state index contributed by atoms with van der Waals surface area (Å²) >= 11 is 5.89. The van der Waals surface area contributed by atoms with E-state index in [2.05, 4.69) is 5.32 Å². The van der Waals surface area contributed by atoms with Crippen molar-refractivity contribution in [2.45, 2.75) is 6.54 Å². The van der Waals surface area contributed by atoms with Crippen LogP contribution in [0.3, 0.4) is 0 Å². The maximum Gasteiger partial charge on any atom is 0.313 e. The third-order valence-electron chi connectivity index (χ3n) is 2.89. The fraction of sp³-hybridized carbons (Fsp3) is 0.0667. The lowest BCUT2D eigenvalue weighted by atomic mass is 10.2. The molecule has 8 heteroatoms. The SMILES string of the molecule is O=C(NCc1ccccc1Cl)C(=O)Nc1ccc(F)c(F)c1F. The molecule has 2 aromatic rings. The van der Waals surface area contributed by atoms with Gasteiger partial charge in [-0.25, -0.2) is 13.2 Å². The number of rotatable bonds is 3. The van der Waals surface area contributed by atoms with E-state index in [1.165, 1.54) is 0 Å². The van der Waals surface area contributed by atoms with Gasteiger partial charge in [0.05, 0.1) is 5.69 Å². The Morgan fingerprint density at radius 2 is 1.65 bits per heavy atom. The molecule has 0 radical (unpaired) electrons. The predicted octanol–water partition coefficient (Wildman–Crippen LogP) is 3.01. The van der Waals surface area contributed by atoms with Crippen molar-refractivity contribution in [3.63, 3.8) is 0 Å². The smallest absolute Gasteiger partial charge is 0.313 e. The molecule has 0 aliphatic rings. The van der Waals surface area contributed by atoms with Gasteiger partial charge < -0.3 is 10.6 Å².